The zero-order valence-electron chi connectivity index (χ0n) is 12.3. The monoisotopic (exact) mass is 270 g/mol. The molecule has 1 aliphatic rings. The van der Waals surface area contributed by atoms with Crippen LogP contribution in [0.5, 0.6) is 0 Å². The van der Waals surface area contributed by atoms with Gasteiger partial charge in [-0.15, -0.1) is 0 Å². The van der Waals surface area contributed by atoms with E-state index in [0.717, 1.165) is 25.7 Å². The summed E-state index contributed by atoms with van der Waals surface area (Å²) in [7, 11) is 0. The molecule has 0 bridgehead atoms. The number of amides is 2. The summed E-state index contributed by atoms with van der Waals surface area (Å²) in [5.41, 5.74) is 0. The molecule has 0 spiro atoms. The van der Waals surface area contributed by atoms with Crippen LogP contribution in [-0.2, 0) is 4.79 Å². The maximum Gasteiger partial charge on any atom is 0.326 e. The van der Waals surface area contributed by atoms with Crippen molar-refractivity contribution in [2.24, 2.45) is 5.92 Å². The molecule has 0 aromatic heterocycles. The first-order valence-corrected chi connectivity index (χ1v) is 7.23. The summed E-state index contributed by atoms with van der Waals surface area (Å²) < 4.78 is 0. The third kappa shape index (κ3) is 3.61. The Hall–Kier alpha value is -1.26. The SMILES string of the molecule is CCC(C)C(NC(=O)N1C(C)CCC1CC)C(=O)O. The number of rotatable bonds is 5. The molecular formula is C14H26N2O3. The van der Waals surface area contributed by atoms with Crippen molar-refractivity contribution in [1.29, 1.82) is 0 Å². The van der Waals surface area contributed by atoms with Crippen LogP contribution >= 0.6 is 0 Å². The van der Waals surface area contributed by atoms with E-state index in [1.54, 1.807) is 0 Å². The highest BCUT2D eigenvalue weighted by Crippen LogP contribution is 2.26. The van der Waals surface area contributed by atoms with E-state index in [-0.39, 0.29) is 24.0 Å². The van der Waals surface area contributed by atoms with E-state index in [1.165, 1.54) is 0 Å². The second kappa shape index (κ2) is 6.78. The number of urea groups is 1. The second-order valence-corrected chi connectivity index (χ2v) is 5.55. The molecule has 1 heterocycles. The van der Waals surface area contributed by atoms with Gasteiger partial charge in [-0.1, -0.05) is 27.2 Å². The van der Waals surface area contributed by atoms with Crippen molar-refractivity contribution in [2.45, 2.75) is 71.5 Å². The quantitative estimate of drug-likeness (QED) is 0.806. The third-order valence-electron chi connectivity index (χ3n) is 4.25. The van der Waals surface area contributed by atoms with Gasteiger partial charge in [-0.05, 0) is 32.1 Å². The van der Waals surface area contributed by atoms with Gasteiger partial charge >= 0.3 is 12.0 Å². The number of likely N-dealkylation sites (tertiary alicyclic amines) is 1. The molecule has 0 radical (unpaired) electrons. The molecule has 0 aromatic carbocycles. The number of carboxylic acid groups (broad SMARTS) is 1. The Morgan fingerprint density at radius 1 is 1.37 bits per heavy atom. The molecule has 0 saturated carbocycles. The third-order valence-corrected chi connectivity index (χ3v) is 4.25. The first kappa shape index (κ1) is 15.8. The highest BCUT2D eigenvalue weighted by atomic mass is 16.4. The molecule has 4 unspecified atom stereocenters. The Morgan fingerprint density at radius 3 is 2.47 bits per heavy atom. The topological polar surface area (TPSA) is 69.6 Å². The van der Waals surface area contributed by atoms with Crippen LogP contribution in [0.1, 0.15) is 53.4 Å². The van der Waals surface area contributed by atoms with Gasteiger partial charge in [0.05, 0.1) is 0 Å². The molecule has 1 rings (SSSR count). The van der Waals surface area contributed by atoms with E-state index in [9.17, 15) is 14.7 Å². The van der Waals surface area contributed by atoms with Gasteiger partial charge in [0, 0.05) is 12.1 Å². The van der Waals surface area contributed by atoms with Crippen molar-refractivity contribution < 1.29 is 14.7 Å². The maximum absolute atomic E-state index is 12.3. The predicted octanol–water partition coefficient (Wildman–Crippen LogP) is 2.46. The molecule has 5 nitrogen and oxygen atoms in total. The number of carbonyl (C=O) groups excluding carboxylic acids is 1. The van der Waals surface area contributed by atoms with E-state index >= 15 is 0 Å². The lowest BCUT2D eigenvalue weighted by atomic mass is 9.99. The summed E-state index contributed by atoms with van der Waals surface area (Å²) in [5.74, 6) is -1.03. The van der Waals surface area contributed by atoms with Crippen LogP contribution in [0, 0.1) is 5.92 Å². The smallest absolute Gasteiger partial charge is 0.326 e. The summed E-state index contributed by atoms with van der Waals surface area (Å²) in [4.78, 5) is 25.4. The van der Waals surface area contributed by atoms with Gasteiger partial charge in [-0.25, -0.2) is 9.59 Å². The minimum atomic E-state index is -0.956. The fourth-order valence-electron chi connectivity index (χ4n) is 2.73. The first-order chi connectivity index (χ1) is 8.92. The summed E-state index contributed by atoms with van der Waals surface area (Å²) in [6.07, 6.45) is 3.64. The number of nitrogens with zero attached hydrogens (tertiary/aromatic N) is 1. The van der Waals surface area contributed by atoms with E-state index in [2.05, 4.69) is 12.2 Å². The molecule has 1 aliphatic heterocycles. The molecule has 4 atom stereocenters. The van der Waals surface area contributed by atoms with Crippen LogP contribution < -0.4 is 5.32 Å². The molecule has 2 amide bonds. The lowest BCUT2D eigenvalue weighted by Gasteiger charge is -2.30. The summed E-state index contributed by atoms with van der Waals surface area (Å²) in [6.45, 7) is 7.87. The average Bonchev–Trinajstić information content (AvgIpc) is 2.75. The number of aliphatic carboxylic acids is 1. The molecule has 19 heavy (non-hydrogen) atoms. The van der Waals surface area contributed by atoms with Gasteiger partial charge < -0.3 is 15.3 Å². The van der Waals surface area contributed by atoms with Crippen molar-refractivity contribution in [3.8, 4) is 0 Å². The van der Waals surface area contributed by atoms with Crippen molar-refractivity contribution in [1.82, 2.24) is 10.2 Å². The molecule has 2 N–H and O–H groups in total. The molecule has 1 fully saturated rings. The first-order valence-electron chi connectivity index (χ1n) is 7.23. The van der Waals surface area contributed by atoms with Crippen LogP contribution in [0.2, 0.25) is 0 Å². The van der Waals surface area contributed by atoms with Gasteiger partial charge in [0.1, 0.15) is 6.04 Å². The number of carbonyl (C=O) groups is 2. The molecular weight excluding hydrogens is 244 g/mol. The number of hydrogen-bond acceptors (Lipinski definition) is 2. The fraction of sp³-hybridized carbons (Fsp3) is 0.857. The molecule has 110 valence electrons. The van der Waals surface area contributed by atoms with E-state index < -0.39 is 12.0 Å². The van der Waals surface area contributed by atoms with Crippen LogP contribution in [0.4, 0.5) is 4.79 Å². The minimum absolute atomic E-state index is 0.0700. The average molecular weight is 270 g/mol. The highest BCUT2D eigenvalue weighted by molar-refractivity contribution is 5.83. The van der Waals surface area contributed by atoms with Gasteiger partial charge in [-0.2, -0.15) is 0 Å². The Balaban J connectivity index is 2.73. The van der Waals surface area contributed by atoms with Crippen molar-refractivity contribution in [3.63, 3.8) is 0 Å². The summed E-state index contributed by atoms with van der Waals surface area (Å²) in [6, 6.07) is -0.606. The molecule has 1 saturated heterocycles. The molecule has 0 aromatic rings. The van der Waals surface area contributed by atoms with E-state index in [0.29, 0.717) is 0 Å². The van der Waals surface area contributed by atoms with Crippen molar-refractivity contribution in [3.05, 3.63) is 0 Å². The molecule has 5 heteroatoms. The standard InChI is InChI=1S/C14H26N2O3/c1-5-9(3)12(13(17)18)15-14(19)16-10(4)7-8-11(16)6-2/h9-12H,5-8H2,1-4H3,(H,15,19)(H,17,18). The van der Waals surface area contributed by atoms with Gasteiger partial charge in [0.15, 0.2) is 0 Å². The van der Waals surface area contributed by atoms with Gasteiger partial charge in [0.2, 0.25) is 0 Å². The van der Waals surface area contributed by atoms with Crippen molar-refractivity contribution >= 4 is 12.0 Å². The Bertz CT molecular complexity index is 333. The zero-order valence-corrected chi connectivity index (χ0v) is 12.3. The fourth-order valence-corrected chi connectivity index (χ4v) is 2.73. The number of nitrogens with one attached hydrogen (secondary N) is 1. The normalized spacial score (nSPS) is 26.0. The Morgan fingerprint density at radius 2 is 2.00 bits per heavy atom. The lowest BCUT2D eigenvalue weighted by molar-refractivity contribution is -0.140. The molecule has 0 aliphatic carbocycles. The van der Waals surface area contributed by atoms with Crippen LogP contribution in [-0.4, -0.2) is 40.1 Å². The van der Waals surface area contributed by atoms with Crippen LogP contribution in [0.15, 0.2) is 0 Å². The summed E-state index contributed by atoms with van der Waals surface area (Å²) in [5, 5.41) is 11.9. The minimum Gasteiger partial charge on any atom is -0.480 e. The highest BCUT2D eigenvalue weighted by Gasteiger charge is 2.35. The second-order valence-electron chi connectivity index (χ2n) is 5.55. The Labute approximate surface area is 115 Å². The number of hydrogen-bond donors (Lipinski definition) is 2. The predicted molar refractivity (Wildman–Crippen MR) is 74.0 cm³/mol. The van der Waals surface area contributed by atoms with E-state index in [1.807, 2.05) is 25.7 Å². The van der Waals surface area contributed by atoms with E-state index in [4.69, 9.17) is 0 Å². The maximum atomic E-state index is 12.3. The number of carboxylic acids is 1. The zero-order chi connectivity index (χ0) is 14.6. The van der Waals surface area contributed by atoms with Crippen LogP contribution in [0.25, 0.3) is 0 Å². The van der Waals surface area contributed by atoms with Crippen LogP contribution in [0.3, 0.4) is 0 Å². The van der Waals surface area contributed by atoms with Gasteiger partial charge in [-0.3, -0.25) is 0 Å². The Kier molecular flexibility index (Phi) is 5.63. The largest absolute Gasteiger partial charge is 0.480 e. The van der Waals surface area contributed by atoms with Crippen molar-refractivity contribution in [2.75, 3.05) is 0 Å². The summed E-state index contributed by atoms with van der Waals surface area (Å²) >= 11 is 0. The lowest BCUT2D eigenvalue weighted by Crippen LogP contribution is -2.53. The van der Waals surface area contributed by atoms with Gasteiger partial charge in [0.25, 0.3) is 0 Å².